The fraction of sp³-hybridized carbons (Fsp3) is 0.421. The molecule has 0 bridgehead atoms. The summed E-state index contributed by atoms with van der Waals surface area (Å²) < 4.78 is 0.744. The minimum absolute atomic E-state index is 0.0390. The molecular formula is C19H21Cl2IN4O2. The van der Waals surface area contributed by atoms with Gasteiger partial charge in [0.25, 0.3) is 5.91 Å². The van der Waals surface area contributed by atoms with Crippen LogP contribution in [0.4, 0.5) is 5.69 Å². The lowest BCUT2D eigenvalue weighted by Crippen LogP contribution is -2.41. The number of anilines is 1. The van der Waals surface area contributed by atoms with Gasteiger partial charge in [-0.25, -0.2) is 0 Å². The van der Waals surface area contributed by atoms with Crippen LogP contribution in [-0.2, 0) is 0 Å². The van der Waals surface area contributed by atoms with Crippen LogP contribution in [0.15, 0.2) is 12.1 Å². The van der Waals surface area contributed by atoms with Crippen molar-refractivity contribution in [2.75, 3.05) is 5.73 Å². The third-order valence-electron chi connectivity index (χ3n) is 5.15. The van der Waals surface area contributed by atoms with Gasteiger partial charge in [-0.15, -0.1) is 10.2 Å². The number of nitrogens with one attached hydrogen (secondary N) is 1. The van der Waals surface area contributed by atoms with Crippen molar-refractivity contribution in [2.45, 2.75) is 45.3 Å². The molecular weight excluding hydrogens is 514 g/mol. The lowest BCUT2D eigenvalue weighted by Gasteiger charge is -2.27. The van der Waals surface area contributed by atoms with E-state index < -0.39 is 12.1 Å². The Morgan fingerprint density at radius 2 is 1.96 bits per heavy atom. The lowest BCUT2D eigenvalue weighted by molar-refractivity contribution is 0.0464. The molecule has 0 radical (unpaired) electrons. The number of aliphatic hydroxyl groups is 1. The minimum atomic E-state index is -0.937. The molecule has 1 unspecified atom stereocenters. The number of aromatic nitrogens is 2. The van der Waals surface area contributed by atoms with E-state index in [0.29, 0.717) is 16.9 Å². The molecule has 3 rings (SSSR count). The van der Waals surface area contributed by atoms with Gasteiger partial charge in [0.05, 0.1) is 22.0 Å². The highest BCUT2D eigenvalue weighted by Crippen LogP contribution is 2.39. The van der Waals surface area contributed by atoms with Gasteiger partial charge < -0.3 is 16.2 Å². The van der Waals surface area contributed by atoms with Gasteiger partial charge in [0.2, 0.25) is 0 Å². The summed E-state index contributed by atoms with van der Waals surface area (Å²) in [6.07, 6.45) is 4.11. The first kappa shape index (κ1) is 21.5. The Labute approximate surface area is 187 Å². The SMILES string of the molecule is Cc1c(N)c(Cl)c(C(=O)NC(O)C2CCCCC2)c(-c2ccc(Cl)nn2)c1I. The zero-order valence-electron chi connectivity index (χ0n) is 15.3. The van der Waals surface area contributed by atoms with E-state index in [2.05, 4.69) is 38.1 Å². The Kier molecular flexibility index (Phi) is 7.01. The average Bonchev–Trinajstić information content (AvgIpc) is 2.70. The van der Waals surface area contributed by atoms with Gasteiger partial charge in [0.15, 0.2) is 5.15 Å². The fourth-order valence-electron chi connectivity index (χ4n) is 3.50. The fourth-order valence-corrected chi connectivity index (χ4v) is 4.76. The number of nitrogen functional groups attached to an aromatic ring is 1. The van der Waals surface area contributed by atoms with Crippen molar-refractivity contribution in [2.24, 2.45) is 5.92 Å². The molecule has 1 amide bonds. The molecule has 0 saturated heterocycles. The molecule has 1 saturated carbocycles. The summed E-state index contributed by atoms with van der Waals surface area (Å²) in [5.74, 6) is -0.448. The van der Waals surface area contributed by atoms with E-state index in [1.54, 1.807) is 12.1 Å². The smallest absolute Gasteiger partial charge is 0.255 e. The highest BCUT2D eigenvalue weighted by Gasteiger charge is 2.29. The van der Waals surface area contributed by atoms with Gasteiger partial charge in [-0.1, -0.05) is 42.5 Å². The van der Waals surface area contributed by atoms with Crippen LogP contribution in [0, 0.1) is 16.4 Å². The first-order valence-electron chi connectivity index (χ1n) is 9.06. The van der Waals surface area contributed by atoms with Crippen molar-refractivity contribution >= 4 is 57.4 Å². The zero-order chi connectivity index (χ0) is 20.4. The predicted octanol–water partition coefficient (Wildman–Crippen LogP) is 4.57. The number of rotatable bonds is 4. The van der Waals surface area contributed by atoms with E-state index in [1.165, 1.54) is 0 Å². The molecule has 150 valence electrons. The summed E-state index contributed by atoms with van der Waals surface area (Å²) in [5.41, 5.74) is 8.37. The second-order valence-corrected chi connectivity index (χ2v) is 8.82. The summed E-state index contributed by atoms with van der Waals surface area (Å²) in [4.78, 5) is 13.1. The molecule has 2 aromatic rings. The van der Waals surface area contributed by atoms with E-state index in [4.69, 9.17) is 28.9 Å². The second-order valence-electron chi connectivity index (χ2n) is 6.97. The molecule has 1 aromatic carbocycles. The number of halogens is 3. The summed E-state index contributed by atoms with van der Waals surface area (Å²) in [6.45, 7) is 1.83. The number of nitrogens with zero attached hydrogens (tertiary/aromatic N) is 2. The Hall–Kier alpha value is -1.16. The van der Waals surface area contributed by atoms with E-state index in [1.807, 2.05) is 6.92 Å². The maximum Gasteiger partial charge on any atom is 0.255 e. The van der Waals surface area contributed by atoms with Crippen LogP contribution >= 0.6 is 45.8 Å². The molecule has 1 atom stereocenters. The summed E-state index contributed by atoms with van der Waals surface area (Å²) in [6, 6.07) is 3.27. The molecule has 4 N–H and O–H groups in total. The molecule has 1 aromatic heterocycles. The van der Waals surface area contributed by atoms with Crippen LogP contribution in [0.1, 0.15) is 48.0 Å². The summed E-state index contributed by atoms with van der Waals surface area (Å²) in [5, 5.41) is 21.6. The van der Waals surface area contributed by atoms with Gasteiger partial charge in [0.1, 0.15) is 6.23 Å². The maximum atomic E-state index is 13.1. The predicted molar refractivity (Wildman–Crippen MR) is 119 cm³/mol. The Bertz CT molecular complexity index is 887. The van der Waals surface area contributed by atoms with Crippen molar-refractivity contribution in [3.8, 4) is 11.3 Å². The number of benzene rings is 1. The lowest BCUT2D eigenvalue weighted by atomic mass is 9.88. The van der Waals surface area contributed by atoms with Crippen LogP contribution in [0.5, 0.6) is 0 Å². The number of aliphatic hydroxyl groups excluding tert-OH is 1. The number of hydrogen-bond donors (Lipinski definition) is 3. The molecule has 1 aliphatic rings. The van der Waals surface area contributed by atoms with Crippen LogP contribution < -0.4 is 11.1 Å². The molecule has 1 aliphatic carbocycles. The highest BCUT2D eigenvalue weighted by molar-refractivity contribution is 14.1. The Morgan fingerprint density at radius 1 is 1.29 bits per heavy atom. The standard InChI is InChI=1S/C19H21Cl2IN4O2/c1-9-16(22)13(11-7-8-12(20)26-25-11)14(15(21)17(9)23)19(28)24-18(27)10-5-3-2-4-6-10/h7-8,10,18,27H,2-6,23H2,1H3,(H,24,28). The average molecular weight is 535 g/mol. The van der Waals surface area contributed by atoms with Gasteiger partial charge in [-0.3, -0.25) is 4.79 Å². The normalized spacial score (nSPS) is 16.0. The first-order valence-corrected chi connectivity index (χ1v) is 10.9. The topological polar surface area (TPSA) is 101 Å². The number of amides is 1. The van der Waals surface area contributed by atoms with E-state index in [-0.39, 0.29) is 21.7 Å². The quantitative estimate of drug-likeness (QED) is 0.303. The van der Waals surface area contributed by atoms with E-state index in [0.717, 1.165) is 41.2 Å². The highest BCUT2D eigenvalue weighted by atomic mass is 127. The number of carbonyl (C=O) groups excluding carboxylic acids is 1. The van der Waals surface area contributed by atoms with Crippen molar-refractivity contribution in [3.63, 3.8) is 0 Å². The van der Waals surface area contributed by atoms with Crippen LogP contribution in [-0.4, -0.2) is 27.4 Å². The van der Waals surface area contributed by atoms with Gasteiger partial charge in [-0.2, -0.15) is 0 Å². The number of hydrogen-bond acceptors (Lipinski definition) is 5. The molecule has 9 heteroatoms. The number of carbonyl (C=O) groups is 1. The molecule has 6 nitrogen and oxygen atoms in total. The van der Waals surface area contributed by atoms with E-state index >= 15 is 0 Å². The van der Waals surface area contributed by atoms with Crippen molar-refractivity contribution in [1.82, 2.24) is 15.5 Å². The summed E-state index contributed by atoms with van der Waals surface area (Å²) in [7, 11) is 0. The minimum Gasteiger partial charge on any atom is -0.397 e. The zero-order valence-corrected chi connectivity index (χ0v) is 19.0. The molecule has 0 spiro atoms. The molecule has 28 heavy (non-hydrogen) atoms. The van der Waals surface area contributed by atoms with Crippen molar-refractivity contribution in [3.05, 3.63) is 37.0 Å². The Morgan fingerprint density at radius 3 is 2.57 bits per heavy atom. The van der Waals surface area contributed by atoms with Crippen LogP contribution in [0.2, 0.25) is 10.2 Å². The third-order valence-corrected chi connectivity index (χ3v) is 7.09. The monoisotopic (exact) mass is 534 g/mol. The third kappa shape index (κ3) is 4.37. The number of nitrogens with two attached hydrogens (primary N) is 1. The summed E-state index contributed by atoms with van der Waals surface area (Å²) >= 11 is 14.4. The van der Waals surface area contributed by atoms with Gasteiger partial charge in [0, 0.05) is 15.1 Å². The van der Waals surface area contributed by atoms with Gasteiger partial charge >= 0.3 is 0 Å². The molecule has 0 aliphatic heterocycles. The van der Waals surface area contributed by atoms with E-state index in [9.17, 15) is 9.90 Å². The molecule has 1 heterocycles. The van der Waals surface area contributed by atoms with Crippen LogP contribution in [0.3, 0.4) is 0 Å². The van der Waals surface area contributed by atoms with Crippen molar-refractivity contribution in [1.29, 1.82) is 0 Å². The van der Waals surface area contributed by atoms with Crippen molar-refractivity contribution < 1.29 is 9.90 Å². The van der Waals surface area contributed by atoms with Crippen LogP contribution in [0.25, 0.3) is 11.3 Å². The Balaban J connectivity index is 2.03. The maximum absolute atomic E-state index is 13.1. The first-order chi connectivity index (χ1) is 13.3. The largest absolute Gasteiger partial charge is 0.397 e. The van der Waals surface area contributed by atoms with Gasteiger partial charge in [-0.05, 0) is 60.1 Å². The second kappa shape index (κ2) is 9.11. The molecule has 1 fully saturated rings.